The van der Waals surface area contributed by atoms with E-state index in [1.165, 1.54) is 0 Å². The summed E-state index contributed by atoms with van der Waals surface area (Å²) in [6, 6.07) is 6.43. The Balaban J connectivity index is 2.03. The number of amides is 1. The Kier molecular flexibility index (Phi) is 6.92. The lowest BCUT2D eigenvalue weighted by Crippen LogP contribution is -2.36. The van der Waals surface area contributed by atoms with Crippen LogP contribution in [0.25, 0.3) is 0 Å². The summed E-state index contributed by atoms with van der Waals surface area (Å²) >= 11 is 5.09. The van der Waals surface area contributed by atoms with Gasteiger partial charge in [0.15, 0.2) is 5.11 Å². The summed E-state index contributed by atoms with van der Waals surface area (Å²) in [5, 5.41) is 5.67. The molecule has 0 aliphatic carbocycles. The van der Waals surface area contributed by atoms with Crippen LogP contribution in [0.4, 0.5) is 5.69 Å². The molecule has 1 heterocycles. The SMILES string of the molecule is CC(C)C(=O)NC(=S)Nc1ccc(S(=O)(=O)N2CCCCCC2)cc1. The average molecular weight is 384 g/mol. The van der Waals surface area contributed by atoms with Crippen molar-refractivity contribution in [2.75, 3.05) is 18.4 Å². The molecule has 1 aliphatic heterocycles. The van der Waals surface area contributed by atoms with Crippen LogP contribution in [0, 0.1) is 5.92 Å². The summed E-state index contributed by atoms with van der Waals surface area (Å²) in [6.45, 7) is 4.71. The van der Waals surface area contributed by atoms with Crippen molar-refractivity contribution >= 4 is 38.9 Å². The van der Waals surface area contributed by atoms with E-state index in [4.69, 9.17) is 12.2 Å². The highest BCUT2D eigenvalue weighted by Gasteiger charge is 2.24. The predicted octanol–water partition coefficient (Wildman–Crippen LogP) is 2.72. The van der Waals surface area contributed by atoms with Crippen LogP contribution in [0.15, 0.2) is 29.2 Å². The van der Waals surface area contributed by atoms with E-state index in [-0.39, 0.29) is 21.8 Å². The van der Waals surface area contributed by atoms with E-state index in [1.54, 1.807) is 42.4 Å². The fraction of sp³-hybridized carbons (Fsp3) is 0.529. The van der Waals surface area contributed by atoms with Crippen molar-refractivity contribution in [3.63, 3.8) is 0 Å². The number of hydrogen-bond acceptors (Lipinski definition) is 4. The number of nitrogens with one attached hydrogen (secondary N) is 2. The van der Waals surface area contributed by atoms with Gasteiger partial charge in [-0.05, 0) is 49.3 Å². The molecular formula is C17H25N3O3S2. The molecule has 8 heteroatoms. The van der Waals surface area contributed by atoms with Gasteiger partial charge < -0.3 is 10.6 Å². The van der Waals surface area contributed by atoms with Crippen molar-refractivity contribution in [2.45, 2.75) is 44.4 Å². The summed E-state index contributed by atoms with van der Waals surface area (Å²) in [5.41, 5.74) is 0.629. The molecule has 2 rings (SSSR count). The monoisotopic (exact) mass is 383 g/mol. The fourth-order valence-corrected chi connectivity index (χ4v) is 4.30. The van der Waals surface area contributed by atoms with E-state index < -0.39 is 10.0 Å². The minimum Gasteiger partial charge on any atom is -0.332 e. The van der Waals surface area contributed by atoms with Crippen LogP contribution < -0.4 is 10.6 Å². The van der Waals surface area contributed by atoms with E-state index in [9.17, 15) is 13.2 Å². The molecule has 0 bridgehead atoms. The van der Waals surface area contributed by atoms with Gasteiger partial charge in [-0.25, -0.2) is 8.42 Å². The molecule has 0 unspecified atom stereocenters. The van der Waals surface area contributed by atoms with Gasteiger partial charge >= 0.3 is 0 Å². The number of nitrogens with zero attached hydrogens (tertiary/aromatic N) is 1. The Bertz CT molecular complexity index is 707. The average Bonchev–Trinajstić information content (AvgIpc) is 2.85. The highest BCUT2D eigenvalue weighted by Crippen LogP contribution is 2.21. The quantitative estimate of drug-likeness (QED) is 0.782. The zero-order chi connectivity index (χ0) is 18.4. The van der Waals surface area contributed by atoms with Crippen molar-refractivity contribution in [1.29, 1.82) is 0 Å². The van der Waals surface area contributed by atoms with Gasteiger partial charge in [0.05, 0.1) is 4.90 Å². The molecule has 138 valence electrons. The summed E-state index contributed by atoms with van der Waals surface area (Å²) in [6.07, 6.45) is 3.97. The van der Waals surface area contributed by atoms with E-state index >= 15 is 0 Å². The highest BCUT2D eigenvalue weighted by molar-refractivity contribution is 7.89. The van der Waals surface area contributed by atoms with E-state index in [2.05, 4.69) is 10.6 Å². The van der Waals surface area contributed by atoms with Crippen LogP contribution in [-0.4, -0.2) is 36.8 Å². The van der Waals surface area contributed by atoms with Crippen molar-refractivity contribution in [3.8, 4) is 0 Å². The Morgan fingerprint density at radius 2 is 1.64 bits per heavy atom. The molecule has 0 spiro atoms. The molecule has 1 fully saturated rings. The van der Waals surface area contributed by atoms with Crippen LogP contribution in [0.1, 0.15) is 39.5 Å². The standard InChI is InChI=1S/C17H25N3O3S2/c1-13(2)16(21)19-17(24)18-14-7-9-15(10-8-14)25(22,23)20-11-5-3-4-6-12-20/h7-10,13H,3-6,11-12H2,1-2H3,(H2,18,19,21,24). The molecule has 25 heavy (non-hydrogen) atoms. The maximum absolute atomic E-state index is 12.7. The maximum Gasteiger partial charge on any atom is 0.243 e. The lowest BCUT2D eigenvalue weighted by molar-refractivity contribution is -0.122. The third-order valence-corrected chi connectivity index (χ3v) is 6.19. The van der Waals surface area contributed by atoms with Gasteiger partial charge in [0.2, 0.25) is 15.9 Å². The molecular weight excluding hydrogens is 358 g/mol. The first-order chi connectivity index (χ1) is 11.8. The number of hydrogen-bond donors (Lipinski definition) is 2. The lowest BCUT2D eigenvalue weighted by Gasteiger charge is -2.20. The largest absolute Gasteiger partial charge is 0.332 e. The van der Waals surface area contributed by atoms with Crippen LogP contribution in [0.3, 0.4) is 0 Å². The molecule has 0 aromatic heterocycles. The number of anilines is 1. The summed E-state index contributed by atoms with van der Waals surface area (Å²) in [4.78, 5) is 11.9. The third-order valence-electron chi connectivity index (χ3n) is 4.08. The Labute approximate surface area is 155 Å². The van der Waals surface area contributed by atoms with Crippen LogP contribution in [0.5, 0.6) is 0 Å². The second-order valence-electron chi connectivity index (χ2n) is 6.44. The number of thiocarbonyl (C=S) groups is 1. The van der Waals surface area contributed by atoms with Gasteiger partial charge in [-0.15, -0.1) is 0 Å². The minimum atomic E-state index is -3.46. The first-order valence-corrected chi connectivity index (χ1v) is 10.4. The molecule has 6 nitrogen and oxygen atoms in total. The molecule has 1 aromatic rings. The first-order valence-electron chi connectivity index (χ1n) is 8.53. The fourth-order valence-electron chi connectivity index (χ4n) is 2.56. The van der Waals surface area contributed by atoms with E-state index in [1.807, 2.05) is 0 Å². The van der Waals surface area contributed by atoms with Crippen molar-refractivity contribution < 1.29 is 13.2 Å². The third kappa shape index (κ3) is 5.49. The summed E-state index contributed by atoms with van der Waals surface area (Å²) in [7, 11) is -3.46. The molecule has 1 aromatic carbocycles. The van der Waals surface area contributed by atoms with Crippen molar-refractivity contribution in [1.82, 2.24) is 9.62 Å². The Morgan fingerprint density at radius 1 is 1.08 bits per heavy atom. The van der Waals surface area contributed by atoms with Crippen LogP contribution >= 0.6 is 12.2 Å². The zero-order valence-electron chi connectivity index (χ0n) is 14.6. The molecule has 0 saturated carbocycles. The smallest absolute Gasteiger partial charge is 0.243 e. The summed E-state index contributed by atoms with van der Waals surface area (Å²) < 4.78 is 27.0. The maximum atomic E-state index is 12.7. The number of carbonyl (C=O) groups excluding carboxylic acids is 1. The number of carbonyl (C=O) groups is 1. The molecule has 0 atom stereocenters. The Morgan fingerprint density at radius 3 is 2.16 bits per heavy atom. The second kappa shape index (κ2) is 8.73. The van der Waals surface area contributed by atoms with Crippen molar-refractivity contribution in [2.24, 2.45) is 5.92 Å². The summed E-state index contributed by atoms with van der Waals surface area (Å²) in [5.74, 6) is -0.334. The molecule has 1 aliphatic rings. The first kappa shape index (κ1) is 19.8. The van der Waals surface area contributed by atoms with Gasteiger partial charge in [0, 0.05) is 24.7 Å². The van der Waals surface area contributed by atoms with Gasteiger partial charge in [-0.3, -0.25) is 4.79 Å². The minimum absolute atomic E-state index is 0.166. The zero-order valence-corrected chi connectivity index (χ0v) is 16.3. The van der Waals surface area contributed by atoms with Crippen molar-refractivity contribution in [3.05, 3.63) is 24.3 Å². The van der Waals surface area contributed by atoms with E-state index in [0.717, 1.165) is 25.7 Å². The molecule has 1 amide bonds. The lowest BCUT2D eigenvalue weighted by atomic mass is 10.2. The van der Waals surface area contributed by atoms with Gasteiger partial charge in [-0.1, -0.05) is 26.7 Å². The van der Waals surface area contributed by atoms with Gasteiger partial charge in [-0.2, -0.15) is 4.31 Å². The topological polar surface area (TPSA) is 78.5 Å². The van der Waals surface area contributed by atoms with Crippen LogP contribution in [0.2, 0.25) is 0 Å². The molecule has 0 radical (unpaired) electrons. The number of rotatable bonds is 4. The van der Waals surface area contributed by atoms with Crippen LogP contribution in [-0.2, 0) is 14.8 Å². The normalized spacial score (nSPS) is 16.3. The molecule has 2 N–H and O–H groups in total. The van der Waals surface area contributed by atoms with Gasteiger partial charge in [0.25, 0.3) is 0 Å². The molecule has 1 saturated heterocycles. The number of sulfonamides is 1. The second-order valence-corrected chi connectivity index (χ2v) is 8.79. The predicted molar refractivity (Wildman–Crippen MR) is 103 cm³/mol. The highest BCUT2D eigenvalue weighted by atomic mass is 32.2. The van der Waals surface area contributed by atoms with Gasteiger partial charge in [0.1, 0.15) is 0 Å². The Hall–Kier alpha value is -1.51. The number of benzene rings is 1. The van der Waals surface area contributed by atoms with E-state index in [0.29, 0.717) is 18.8 Å².